The zero-order valence-corrected chi connectivity index (χ0v) is 10.5. The SMILES string of the molecule is CSC(CO)C(C)N[C@H]1CCCC[C@@H]1O. The summed E-state index contributed by atoms with van der Waals surface area (Å²) >= 11 is 1.67. The lowest BCUT2D eigenvalue weighted by Gasteiger charge is -2.33. The molecule has 4 heteroatoms. The molecule has 0 aromatic heterocycles. The number of aliphatic hydroxyl groups excluding tert-OH is 2. The lowest BCUT2D eigenvalue weighted by Crippen LogP contribution is -2.50. The first-order valence-corrected chi connectivity index (χ1v) is 7.05. The standard InChI is InChI=1S/C11H23NO2S/c1-8(11(7-13)15-2)12-9-5-3-4-6-10(9)14/h8-14H,3-7H2,1-2H3/t8?,9-,10-,11?/m0/s1. The van der Waals surface area contributed by atoms with Gasteiger partial charge in [0, 0.05) is 17.3 Å². The van der Waals surface area contributed by atoms with E-state index in [-0.39, 0.29) is 30.0 Å². The van der Waals surface area contributed by atoms with Gasteiger partial charge in [0.1, 0.15) is 0 Å². The van der Waals surface area contributed by atoms with Crippen molar-refractivity contribution in [1.29, 1.82) is 0 Å². The fourth-order valence-corrected chi connectivity index (χ4v) is 2.82. The van der Waals surface area contributed by atoms with E-state index < -0.39 is 0 Å². The molecule has 15 heavy (non-hydrogen) atoms. The predicted octanol–water partition coefficient (Wildman–Crippen LogP) is 0.992. The van der Waals surface area contributed by atoms with Crippen LogP contribution in [0.15, 0.2) is 0 Å². The molecule has 4 atom stereocenters. The van der Waals surface area contributed by atoms with Crippen molar-refractivity contribution in [3.63, 3.8) is 0 Å². The van der Waals surface area contributed by atoms with Crippen molar-refractivity contribution in [2.45, 2.75) is 56.0 Å². The fourth-order valence-electron chi connectivity index (χ4n) is 2.19. The molecule has 0 spiro atoms. The first-order chi connectivity index (χ1) is 7.19. The highest BCUT2D eigenvalue weighted by Gasteiger charge is 2.26. The van der Waals surface area contributed by atoms with Crippen molar-refractivity contribution in [3.05, 3.63) is 0 Å². The maximum Gasteiger partial charge on any atom is 0.0693 e. The molecule has 0 radical (unpaired) electrons. The van der Waals surface area contributed by atoms with Gasteiger partial charge in [-0.2, -0.15) is 11.8 Å². The van der Waals surface area contributed by atoms with Gasteiger partial charge in [-0.15, -0.1) is 0 Å². The van der Waals surface area contributed by atoms with Crippen molar-refractivity contribution in [2.75, 3.05) is 12.9 Å². The van der Waals surface area contributed by atoms with Crippen LogP contribution in [0.3, 0.4) is 0 Å². The Labute approximate surface area is 96.6 Å². The number of hydrogen-bond acceptors (Lipinski definition) is 4. The van der Waals surface area contributed by atoms with Crippen LogP contribution in [0, 0.1) is 0 Å². The summed E-state index contributed by atoms with van der Waals surface area (Å²) < 4.78 is 0. The van der Waals surface area contributed by atoms with Crippen LogP contribution >= 0.6 is 11.8 Å². The molecule has 0 aromatic carbocycles. The normalized spacial score (nSPS) is 31.2. The third kappa shape index (κ3) is 3.94. The van der Waals surface area contributed by atoms with Gasteiger partial charge in [0.15, 0.2) is 0 Å². The highest BCUT2D eigenvalue weighted by Crippen LogP contribution is 2.20. The van der Waals surface area contributed by atoms with E-state index in [0.29, 0.717) is 0 Å². The molecule has 2 unspecified atom stereocenters. The summed E-state index contributed by atoms with van der Waals surface area (Å²) in [6, 6.07) is 0.470. The van der Waals surface area contributed by atoms with Gasteiger partial charge in [-0.1, -0.05) is 12.8 Å². The van der Waals surface area contributed by atoms with Gasteiger partial charge in [-0.3, -0.25) is 0 Å². The molecule has 1 aliphatic rings. The molecule has 1 aliphatic carbocycles. The Hall–Kier alpha value is 0.230. The Morgan fingerprint density at radius 3 is 2.60 bits per heavy atom. The maximum atomic E-state index is 9.81. The average molecular weight is 233 g/mol. The van der Waals surface area contributed by atoms with Crippen LogP contribution in [0.4, 0.5) is 0 Å². The van der Waals surface area contributed by atoms with E-state index in [1.807, 2.05) is 6.26 Å². The third-order valence-electron chi connectivity index (χ3n) is 3.25. The molecule has 1 fully saturated rings. The number of nitrogens with one attached hydrogen (secondary N) is 1. The van der Waals surface area contributed by atoms with Crippen LogP contribution < -0.4 is 5.32 Å². The zero-order chi connectivity index (χ0) is 11.3. The number of rotatable bonds is 5. The Balaban J connectivity index is 2.38. The molecule has 1 rings (SSSR count). The summed E-state index contributed by atoms with van der Waals surface area (Å²) in [5, 5.41) is 22.6. The monoisotopic (exact) mass is 233 g/mol. The van der Waals surface area contributed by atoms with E-state index in [4.69, 9.17) is 5.11 Å². The van der Waals surface area contributed by atoms with Crippen LogP contribution in [0.25, 0.3) is 0 Å². The van der Waals surface area contributed by atoms with Gasteiger partial charge >= 0.3 is 0 Å². The minimum atomic E-state index is -0.206. The first-order valence-electron chi connectivity index (χ1n) is 5.76. The Morgan fingerprint density at radius 1 is 1.40 bits per heavy atom. The summed E-state index contributed by atoms with van der Waals surface area (Å²) in [7, 11) is 0. The summed E-state index contributed by atoms with van der Waals surface area (Å²) in [5.74, 6) is 0. The molecule has 0 aromatic rings. The van der Waals surface area contributed by atoms with Crippen molar-refractivity contribution in [1.82, 2.24) is 5.32 Å². The summed E-state index contributed by atoms with van der Waals surface area (Å²) in [4.78, 5) is 0. The number of thioether (sulfide) groups is 1. The van der Waals surface area contributed by atoms with Crippen LogP contribution in [0.1, 0.15) is 32.6 Å². The number of hydrogen-bond donors (Lipinski definition) is 3. The van der Waals surface area contributed by atoms with Crippen molar-refractivity contribution < 1.29 is 10.2 Å². The smallest absolute Gasteiger partial charge is 0.0693 e. The van der Waals surface area contributed by atoms with Crippen LogP contribution in [0.5, 0.6) is 0 Å². The summed E-state index contributed by atoms with van der Waals surface area (Å²) in [6.07, 6.45) is 6.11. The summed E-state index contributed by atoms with van der Waals surface area (Å²) in [6.45, 7) is 2.27. The van der Waals surface area contributed by atoms with Gasteiger partial charge < -0.3 is 15.5 Å². The molecular formula is C11H23NO2S. The second-order valence-corrected chi connectivity index (χ2v) is 5.45. The second-order valence-electron chi connectivity index (χ2n) is 4.37. The molecule has 3 nitrogen and oxygen atoms in total. The third-order valence-corrected chi connectivity index (χ3v) is 4.41. The Morgan fingerprint density at radius 2 is 2.07 bits per heavy atom. The molecule has 3 N–H and O–H groups in total. The molecular weight excluding hydrogens is 210 g/mol. The number of aliphatic hydroxyl groups is 2. The van der Waals surface area contributed by atoms with E-state index in [9.17, 15) is 5.11 Å². The van der Waals surface area contributed by atoms with E-state index in [1.54, 1.807) is 11.8 Å². The average Bonchev–Trinajstić information content (AvgIpc) is 2.23. The molecule has 0 heterocycles. The van der Waals surface area contributed by atoms with Crippen LogP contribution in [-0.4, -0.2) is 46.5 Å². The minimum absolute atomic E-state index is 0.193. The van der Waals surface area contributed by atoms with Crippen molar-refractivity contribution >= 4 is 11.8 Å². The molecule has 90 valence electrons. The van der Waals surface area contributed by atoms with Gasteiger partial charge in [-0.25, -0.2) is 0 Å². The molecule has 0 saturated heterocycles. The quantitative estimate of drug-likeness (QED) is 0.663. The van der Waals surface area contributed by atoms with E-state index in [2.05, 4.69) is 12.2 Å². The van der Waals surface area contributed by atoms with Crippen LogP contribution in [-0.2, 0) is 0 Å². The van der Waals surface area contributed by atoms with Crippen LogP contribution in [0.2, 0.25) is 0 Å². The first kappa shape index (κ1) is 13.3. The Bertz CT molecular complexity index is 176. The van der Waals surface area contributed by atoms with Gasteiger partial charge in [0.05, 0.1) is 12.7 Å². The largest absolute Gasteiger partial charge is 0.395 e. The lowest BCUT2D eigenvalue weighted by molar-refractivity contribution is 0.0843. The van der Waals surface area contributed by atoms with E-state index in [1.165, 1.54) is 6.42 Å². The maximum absolute atomic E-state index is 9.81. The predicted molar refractivity (Wildman–Crippen MR) is 65.2 cm³/mol. The fraction of sp³-hybridized carbons (Fsp3) is 1.00. The van der Waals surface area contributed by atoms with Gasteiger partial charge in [-0.05, 0) is 26.0 Å². The molecule has 0 amide bonds. The van der Waals surface area contributed by atoms with Crippen molar-refractivity contribution in [3.8, 4) is 0 Å². The highest BCUT2D eigenvalue weighted by molar-refractivity contribution is 7.99. The van der Waals surface area contributed by atoms with E-state index in [0.717, 1.165) is 19.3 Å². The zero-order valence-electron chi connectivity index (χ0n) is 9.65. The highest BCUT2D eigenvalue weighted by atomic mass is 32.2. The van der Waals surface area contributed by atoms with Gasteiger partial charge in [0.25, 0.3) is 0 Å². The topological polar surface area (TPSA) is 52.5 Å². The second kappa shape index (κ2) is 6.74. The molecule has 0 aliphatic heterocycles. The van der Waals surface area contributed by atoms with Gasteiger partial charge in [0.2, 0.25) is 0 Å². The molecule has 1 saturated carbocycles. The van der Waals surface area contributed by atoms with E-state index >= 15 is 0 Å². The molecule has 0 bridgehead atoms. The Kier molecular flexibility index (Phi) is 5.97. The summed E-state index contributed by atoms with van der Waals surface area (Å²) in [5.41, 5.74) is 0. The lowest BCUT2D eigenvalue weighted by atomic mass is 9.92. The minimum Gasteiger partial charge on any atom is -0.395 e. The van der Waals surface area contributed by atoms with Crippen molar-refractivity contribution in [2.24, 2.45) is 0 Å².